The fourth-order valence-electron chi connectivity index (χ4n) is 5.27. The summed E-state index contributed by atoms with van der Waals surface area (Å²) in [6.07, 6.45) is 5.11. The molecule has 10 heteroatoms. The van der Waals surface area contributed by atoms with Crippen molar-refractivity contribution in [2.45, 2.75) is 0 Å². The molecule has 0 aromatic heterocycles. The van der Waals surface area contributed by atoms with E-state index in [4.69, 9.17) is 20.0 Å². The van der Waals surface area contributed by atoms with Crippen LogP contribution in [-0.4, -0.2) is 52.2 Å². The first-order valence-electron chi connectivity index (χ1n) is 15.8. The Morgan fingerprint density at radius 3 is 1.30 bits per heavy atom. The van der Waals surface area contributed by atoms with Crippen LogP contribution >= 0.6 is 0 Å². The molecule has 2 N–H and O–H groups in total. The molecule has 10 nitrogen and oxygen atoms in total. The highest BCUT2D eigenvalue weighted by molar-refractivity contribution is 5.89. The third-order valence-electron chi connectivity index (χ3n) is 7.50. The number of aliphatic carboxylic acids is 2. The molecule has 2 aliphatic rings. The van der Waals surface area contributed by atoms with E-state index in [9.17, 15) is 19.8 Å². The highest BCUT2D eigenvalue weighted by atomic mass is 16.5. The number of benzene rings is 4. The number of quaternary nitrogens is 2. The van der Waals surface area contributed by atoms with Gasteiger partial charge in [-0.3, -0.25) is 0 Å². The predicted molar refractivity (Wildman–Crippen MR) is 185 cm³/mol. The van der Waals surface area contributed by atoms with Gasteiger partial charge in [-0.2, -0.15) is 10.5 Å². The van der Waals surface area contributed by atoms with Gasteiger partial charge in [-0.25, -0.2) is 0 Å². The van der Waals surface area contributed by atoms with Crippen molar-refractivity contribution in [1.29, 1.82) is 10.5 Å². The Labute approximate surface area is 291 Å². The lowest BCUT2D eigenvalue weighted by molar-refractivity contribution is -0.863. The predicted octanol–water partition coefficient (Wildman–Crippen LogP) is 1.78. The van der Waals surface area contributed by atoms with Gasteiger partial charge in [0.15, 0.2) is 13.1 Å². The summed E-state index contributed by atoms with van der Waals surface area (Å²) >= 11 is 0. The Hall–Kier alpha value is -6.46. The molecule has 2 atom stereocenters. The average Bonchev–Trinajstić information content (AvgIpc) is 3.35. The first-order valence-corrected chi connectivity index (χ1v) is 15.8. The average molecular weight is 669 g/mol. The van der Waals surface area contributed by atoms with Gasteiger partial charge in [0.25, 0.3) is 0 Å². The number of carbonyl (C=O) groups is 2. The first-order chi connectivity index (χ1) is 24.2. The van der Waals surface area contributed by atoms with Crippen LogP contribution in [0.1, 0.15) is 22.3 Å². The molecule has 0 saturated carbocycles. The molecular formula is C40H36N4O6. The zero-order valence-electron chi connectivity index (χ0n) is 27.7. The molecule has 0 radical (unpaired) electrons. The molecule has 2 aliphatic heterocycles. The molecule has 4 aromatic carbocycles. The summed E-state index contributed by atoms with van der Waals surface area (Å²) in [4.78, 5) is 21.2. The number of fused-ring (bicyclic) bond motifs is 4. The lowest BCUT2D eigenvalue weighted by Crippen LogP contribution is -3.08. The van der Waals surface area contributed by atoms with E-state index < -0.39 is 11.9 Å². The molecule has 0 bridgehead atoms. The maximum absolute atomic E-state index is 9.41. The number of nitrogens with zero attached hydrogens (tertiary/aromatic N) is 2. The number of likely N-dealkylation sites (N-methyl/N-ethyl adjacent to an activating group) is 2. The Balaban J connectivity index is 0.000000186. The smallest absolute Gasteiger partial charge is 0.165 e. The summed E-state index contributed by atoms with van der Waals surface area (Å²) in [7, 11) is 4.06. The highest BCUT2D eigenvalue weighted by Gasteiger charge is 2.20. The lowest BCUT2D eigenvalue weighted by atomic mass is 10.0. The number of hydrogen-bond donors (Lipinski definition) is 2. The van der Waals surface area contributed by atoms with Crippen LogP contribution in [0.25, 0.3) is 23.3 Å². The Bertz CT molecular complexity index is 1860. The number of carboxylic acids is 2. The number of nitriles is 2. The fraction of sp³-hybridized carbons (Fsp3) is 0.150. The van der Waals surface area contributed by atoms with Crippen LogP contribution in [0, 0.1) is 22.7 Å². The van der Waals surface area contributed by atoms with Crippen molar-refractivity contribution >= 4 is 35.2 Å². The number of nitrogens with one attached hydrogen (secondary N) is 2. The second kappa shape index (κ2) is 18.2. The third-order valence-corrected chi connectivity index (χ3v) is 7.50. The van der Waals surface area contributed by atoms with E-state index in [1.807, 2.05) is 86.9 Å². The van der Waals surface area contributed by atoms with Crippen LogP contribution in [-0.2, 0) is 9.59 Å². The molecule has 0 fully saturated rings. The van der Waals surface area contributed by atoms with Gasteiger partial charge in [-0.15, -0.1) is 0 Å². The molecule has 2 unspecified atom stereocenters. The van der Waals surface area contributed by atoms with Gasteiger partial charge in [0.2, 0.25) is 0 Å². The summed E-state index contributed by atoms with van der Waals surface area (Å²) in [5, 5.41) is 36.5. The second-order valence-electron chi connectivity index (χ2n) is 11.5. The van der Waals surface area contributed by atoms with Crippen molar-refractivity contribution in [3.8, 4) is 35.1 Å². The summed E-state index contributed by atoms with van der Waals surface area (Å²) in [6.45, 7) is 2.56. The van der Waals surface area contributed by atoms with Crippen molar-refractivity contribution in [2.24, 2.45) is 0 Å². The highest BCUT2D eigenvalue weighted by Crippen LogP contribution is 2.38. The van der Waals surface area contributed by atoms with Gasteiger partial charge < -0.3 is 39.1 Å². The van der Waals surface area contributed by atoms with Gasteiger partial charge in [0.1, 0.15) is 48.2 Å². The molecule has 0 aliphatic carbocycles. The number of carboxylic acid groups (broad SMARTS) is 2. The van der Waals surface area contributed by atoms with Gasteiger partial charge >= 0.3 is 0 Å². The molecule has 0 amide bonds. The minimum Gasteiger partial charge on any atom is -0.545 e. The van der Waals surface area contributed by atoms with E-state index in [-0.39, 0.29) is 0 Å². The summed E-state index contributed by atoms with van der Waals surface area (Å²) in [5.74, 6) is 0.399. The number of ether oxygens (including phenoxy) is 2. The van der Waals surface area contributed by atoms with Crippen LogP contribution in [0.2, 0.25) is 0 Å². The minimum atomic E-state index is -1.55. The maximum atomic E-state index is 9.41. The zero-order chi connectivity index (χ0) is 35.9. The summed E-state index contributed by atoms with van der Waals surface area (Å²) < 4.78 is 12.1. The van der Waals surface area contributed by atoms with Gasteiger partial charge in [0.05, 0.1) is 26.0 Å². The number of carbonyl (C=O) groups excluding carboxylic acids is 2. The second-order valence-corrected chi connectivity index (χ2v) is 11.5. The molecule has 252 valence electrons. The maximum Gasteiger partial charge on any atom is 0.165 e. The molecular weight excluding hydrogens is 632 g/mol. The lowest BCUT2D eigenvalue weighted by Gasteiger charge is -2.14. The van der Waals surface area contributed by atoms with Gasteiger partial charge in [0, 0.05) is 33.4 Å². The summed E-state index contributed by atoms with van der Waals surface area (Å²) in [5.41, 5.74) is 6.76. The van der Waals surface area contributed by atoms with Crippen LogP contribution in [0.3, 0.4) is 0 Å². The van der Waals surface area contributed by atoms with Crippen LogP contribution in [0.4, 0.5) is 0 Å². The van der Waals surface area contributed by atoms with E-state index in [0.29, 0.717) is 25.2 Å². The summed E-state index contributed by atoms with van der Waals surface area (Å²) in [6, 6.07) is 36.6. The number of para-hydroxylation sites is 4. The minimum absolute atomic E-state index is 0.384. The normalized spacial score (nSPS) is 13.1. The van der Waals surface area contributed by atoms with Crippen molar-refractivity contribution in [2.75, 3.05) is 40.3 Å². The topological polar surface area (TPSA) is 155 Å². The Morgan fingerprint density at radius 1 is 0.600 bits per heavy atom. The van der Waals surface area contributed by atoms with E-state index in [1.54, 1.807) is 0 Å². The van der Waals surface area contributed by atoms with Crippen molar-refractivity contribution in [1.82, 2.24) is 0 Å². The number of rotatable bonds is 8. The van der Waals surface area contributed by atoms with Gasteiger partial charge in [-0.05, 0) is 48.6 Å². The standard InChI is InChI=1S/2C18H16N2O.C4H4O4/c2*1-20(11-10-19)13-15-12-14-6-2-4-8-17(14)21-18-9-5-3-7-16(15)18;5-3(6)1-2-4(7)8/h2*2-9,12H,11,13H2,1H3;1-2H,(H,5,6)(H,7,8). The Morgan fingerprint density at radius 2 is 0.940 bits per heavy atom. The number of hydrogen-bond acceptors (Lipinski definition) is 8. The molecule has 0 spiro atoms. The van der Waals surface area contributed by atoms with Crippen LogP contribution in [0.15, 0.2) is 109 Å². The fourth-order valence-corrected chi connectivity index (χ4v) is 5.27. The molecule has 6 rings (SSSR count). The quantitative estimate of drug-likeness (QED) is 0.213. The molecule has 4 aromatic rings. The van der Waals surface area contributed by atoms with Crippen molar-refractivity contribution in [3.63, 3.8) is 0 Å². The van der Waals surface area contributed by atoms with E-state index in [1.165, 1.54) is 11.1 Å². The molecule has 0 saturated heterocycles. The first kappa shape index (κ1) is 36.4. The monoisotopic (exact) mass is 668 g/mol. The SMILES string of the molecule is C[NH+](CC#N)CC1=Cc2ccccc2Oc2ccccc21.C[NH+](CC#N)CC1=Cc2ccccc2Oc2ccccc21.O=C([O-])C=CC(=O)[O-]. The molecule has 2 heterocycles. The van der Waals surface area contributed by atoms with E-state index in [2.05, 4.69) is 48.6 Å². The van der Waals surface area contributed by atoms with Crippen molar-refractivity contribution < 1.29 is 39.1 Å². The van der Waals surface area contributed by atoms with E-state index >= 15 is 0 Å². The third kappa shape index (κ3) is 10.5. The largest absolute Gasteiger partial charge is 0.545 e. The Kier molecular flexibility index (Phi) is 13.2. The van der Waals surface area contributed by atoms with Crippen LogP contribution in [0.5, 0.6) is 23.0 Å². The van der Waals surface area contributed by atoms with E-state index in [0.717, 1.165) is 68.1 Å². The molecule has 50 heavy (non-hydrogen) atoms. The zero-order valence-corrected chi connectivity index (χ0v) is 27.7. The van der Waals surface area contributed by atoms with Crippen LogP contribution < -0.4 is 29.5 Å². The van der Waals surface area contributed by atoms with Crippen molar-refractivity contribution in [3.05, 3.63) is 131 Å². The van der Waals surface area contributed by atoms with Gasteiger partial charge in [-0.1, -0.05) is 72.8 Å².